The number of carbonyl (C=O) groups excluding carboxylic acids is 1. The molecule has 0 spiro atoms. The molecule has 1 saturated heterocycles. The number of rotatable bonds is 2. The van der Waals surface area contributed by atoms with Crippen LogP contribution in [0.1, 0.15) is 6.42 Å². The van der Waals surface area contributed by atoms with Crippen LogP contribution in [0.15, 0.2) is 6.33 Å². The molecule has 0 N–H and O–H groups in total. The minimum Gasteiger partial charge on any atom is -0.295 e. The fourth-order valence-corrected chi connectivity index (χ4v) is 2.38. The number of anilines is 1. The molecular weight excluding hydrogens is 317 g/mol. The number of amides is 1. The van der Waals surface area contributed by atoms with Crippen molar-refractivity contribution in [1.29, 1.82) is 0 Å². The minimum absolute atomic E-state index is 0.0149. The van der Waals surface area contributed by atoms with E-state index < -0.39 is 0 Å². The van der Waals surface area contributed by atoms with E-state index in [-0.39, 0.29) is 22.0 Å². The van der Waals surface area contributed by atoms with Crippen molar-refractivity contribution in [2.75, 3.05) is 16.8 Å². The van der Waals surface area contributed by atoms with E-state index in [1.807, 2.05) is 0 Å². The zero-order valence-electron chi connectivity index (χ0n) is 8.16. The summed E-state index contributed by atoms with van der Waals surface area (Å²) < 4.78 is 0. The highest BCUT2D eigenvalue weighted by Crippen LogP contribution is 2.32. The van der Waals surface area contributed by atoms with Crippen LogP contribution in [0.4, 0.5) is 5.82 Å². The van der Waals surface area contributed by atoms with E-state index in [2.05, 4.69) is 25.9 Å². The van der Waals surface area contributed by atoms with Gasteiger partial charge in [0, 0.05) is 18.3 Å². The van der Waals surface area contributed by atoms with E-state index in [1.165, 1.54) is 6.33 Å². The van der Waals surface area contributed by atoms with Crippen molar-refractivity contribution in [3.8, 4) is 0 Å². The molecule has 1 unspecified atom stereocenters. The molecule has 7 heteroatoms. The molecule has 16 heavy (non-hydrogen) atoms. The van der Waals surface area contributed by atoms with E-state index in [0.29, 0.717) is 18.8 Å². The fourth-order valence-electron chi connectivity index (χ4n) is 1.62. The van der Waals surface area contributed by atoms with Crippen LogP contribution in [0.2, 0.25) is 10.2 Å². The molecule has 1 amide bonds. The molecule has 0 saturated carbocycles. The van der Waals surface area contributed by atoms with Crippen LogP contribution in [-0.2, 0) is 4.79 Å². The fraction of sp³-hybridized carbons (Fsp3) is 0.444. The SMILES string of the molecule is O=C1CC(CBr)CN1c1ncnc(Cl)c1Cl. The van der Waals surface area contributed by atoms with Gasteiger partial charge in [0.15, 0.2) is 11.0 Å². The monoisotopic (exact) mass is 323 g/mol. The summed E-state index contributed by atoms with van der Waals surface area (Å²) in [6, 6.07) is 0. The summed E-state index contributed by atoms with van der Waals surface area (Å²) >= 11 is 15.1. The van der Waals surface area contributed by atoms with Gasteiger partial charge in [0.1, 0.15) is 11.3 Å². The van der Waals surface area contributed by atoms with Crippen molar-refractivity contribution in [3.63, 3.8) is 0 Å². The molecule has 1 aromatic heterocycles. The number of alkyl halides is 1. The lowest BCUT2D eigenvalue weighted by molar-refractivity contribution is -0.117. The molecule has 4 nitrogen and oxygen atoms in total. The van der Waals surface area contributed by atoms with Gasteiger partial charge in [-0.25, -0.2) is 9.97 Å². The van der Waals surface area contributed by atoms with Gasteiger partial charge in [0.2, 0.25) is 5.91 Å². The van der Waals surface area contributed by atoms with Gasteiger partial charge in [0.25, 0.3) is 0 Å². The second-order valence-electron chi connectivity index (χ2n) is 3.53. The van der Waals surface area contributed by atoms with Crippen molar-refractivity contribution in [1.82, 2.24) is 9.97 Å². The van der Waals surface area contributed by atoms with Crippen molar-refractivity contribution in [2.45, 2.75) is 6.42 Å². The Balaban J connectivity index is 2.31. The first-order chi connectivity index (χ1) is 7.63. The van der Waals surface area contributed by atoms with Crippen LogP contribution in [0.25, 0.3) is 0 Å². The Morgan fingerprint density at radius 2 is 2.25 bits per heavy atom. The third-order valence-corrected chi connectivity index (χ3v) is 4.05. The molecule has 2 heterocycles. The standard InChI is InChI=1S/C9H8BrCl2N3O/c10-2-5-1-6(16)15(3-5)9-7(11)8(12)13-4-14-9/h4-5H,1-3H2. The predicted molar refractivity (Wildman–Crippen MR) is 66.3 cm³/mol. The Morgan fingerprint density at radius 1 is 1.50 bits per heavy atom. The number of aromatic nitrogens is 2. The first-order valence-electron chi connectivity index (χ1n) is 4.65. The maximum atomic E-state index is 11.8. The zero-order chi connectivity index (χ0) is 11.7. The molecule has 1 atom stereocenters. The average Bonchev–Trinajstić information content (AvgIpc) is 2.64. The first kappa shape index (κ1) is 12.1. The number of halogens is 3. The summed E-state index contributed by atoms with van der Waals surface area (Å²) in [5.74, 6) is 0.702. The lowest BCUT2D eigenvalue weighted by Gasteiger charge is -2.16. The number of nitrogens with zero attached hydrogens (tertiary/aromatic N) is 3. The van der Waals surface area contributed by atoms with Crippen LogP contribution >= 0.6 is 39.1 Å². The van der Waals surface area contributed by atoms with Gasteiger partial charge in [0.05, 0.1) is 0 Å². The molecule has 86 valence electrons. The number of hydrogen-bond donors (Lipinski definition) is 0. The smallest absolute Gasteiger partial charge is 0.228 e. The van der Waals surface area contributed by atoms with Gasteiger partial charge in [-0.15, -0.1) is 0 Å². The molecule has 0 aromatic carbocycles. The summed E-state index contributed by atoms with van der Waals surface area (Å²) in [6.45, 7) is 0.608. The maximum absolute atomic E-state index is 11.8. The Morgan fingerprint density at radius 3 is 2.88 bits per heavy atom. The summed E-state index contributed by atoms with van der Waals surface area (Å²) in [7, 11) is 0. The van der Waals surface area contributed by atoms with Crippen molar-refractivity contribution >= 4 is 50.9 Å². The quantitative estimate of drug-likeness (QED) is 0.620. The van der Waals surface area contributed by atoms with Crippen LogP contribution in [-0.4, -0.2) is 27.7 Å². The summed E-state index contributed by atoms with van der Waals surface area (Å²) in [5, 5.41) is 1.18. The lowest BCUT2D eigenvalue weighted by atomic mass is 10.2. The predicted octanol–water partition coefficient (Wildman–Crippen LogP) is 2.53. The Labute approximate surface area is 111 Å². The molecule has 0 bridgehead atoms. The van der Waals surface area contributed by atoms with Gasteiger partial charge < -0.3 is 0 Å². The van der Waals surface area contributed by atoms with Gasteiger partial charge in [-0.3, -0.25) is 9.69 Å². The Kier molecular flexibility index (Phi) is 3.66. The molecule has 1 fully saturated rings. The van der Waals surface area contributed by atoms with Gasteiger partial charge in [-0.05, 0) is 5.92 Å². The van der Waals surface area contributed by atoms with E-state index in [9.17, 15) is 4.79 Å². The van der Waals surface area contributed by atoms with E-state index in [0.717, 1.165) is 5.33 Å². The van der Waals surface area contributed by atoms with Crippen LogP contribution in [0, 0.1) is 5.92 Å². The number of hydrogen-bond acceptors (Lipinski definition) is 3. The number of carbonyl (C=O) groups is 1. The zero-order valence-corrected chi connectivity index (χ0v) is 11.3. The van der Waals surface area contributed by atoms with E-state index in [4.69, 9.17) is 23.2 Å². The van der Waals surface area contributed by atoms with Crippen molar-refractivity contribution in [3.05, 3.63) is 16.5 Å². The Hall–Kier alpha value is -0.390. The lowest BCUT2D eigenvalue weighted by Crippen LogP contribution is -2.26. The molecule has 1 aliphatic heterocycles. The van der Waals surface area contributed by atoms with Gasteiger partial charge >= 0.3 is 0 Å². The molecule has 2 rings (SSSR count). The highest BCUT2D eigenvalue weighted by molar-refractivity contribution is 9.09. The summed E-state index contributed by atoms with van der Waals surface area (Å²) in [4.78, 5) is 21.1. The van der Waals surface area contributed by atoms with Crippen molar-refractivity contribution < 1.29 is 4.79 Å². The van der Waals surface area contributed by atoms with Gasteiger partial charge in [-0.2, -0.15) is 0 Å². The molecule has 1 aliphatic rings. The van der Waals surface area contributed by atoms with Crippen LogP contribution < -0.4 is 4.90 Å². The molecule has 1 aromatic rings. The largest absolute Gasteiger partial charge is 0.295 e. The normalized spacial score (nSPS) is 20.6. The third kappa shape index (κ3) is 2.17. The maximum Gasteiger partial charge on any atom is 0.228 e. The minimum atomic E-state index is 0.0149. The van der Waals surface area contributed by atoms with Gasteiger partial charge in [-0.1, -0.05) is 39.1 Å². The van der Waals surface area contributed by atoms with Crippen LogP contribution in [0.5, 0.6) is 0 Å². The molecule has 0 radical (unpaired) electrons. The summed E-state index contributed by atoms with van der Waals surface area (Å²) in [6.07, 6.45) is 1.81. The Bertz CT molecular complexity index is 429. The average molecular weight is 325 g/mol. The van der Waals surface area contributed by atoms with Crippen LogP contribution in [0.3, 0.4) is 0 Å². The molecule has 0 aliphatic carbocycles. The van der Waals surface area contributed by atoms with E-state index >= 15 is 0 Å². The second-order valence-corrected chi connectivity index (χ2v) is 4.91. The van der Waals surface area contributed by atoms with Crippen molar-refractivity contribution in [2.24, 2.45) is 5.92 Å². The van der Waals surface area contributed by atoms with E-state index in [1.54, 1.807) is 4.90 Å². The molecular formula is C9H8BrCl2N3O. The third-order valence-electron chi connectivity index (χ3n) is 2.41. The highest BCUT2D eigenvalue weighted by Gasteiger charge is 2.32. The second kappa shape index (κ2) is 4.85. The topological polar surface area (TPSA) is 46.1 Å². The summed E-state index contributed by atoms with van der Waals surface area (Å²) in [5.41, 5.74) is 0. The highest BCUT2D eigenvalue weighted by atomic mass is 79.9. The first-order valence-corrected chi connectivity index (χ1v) is 6.53.